The highest BCUT2D eigenvalue weighted by Gasteiger charge is 2.25. The second-order valence-electron chi connectivity index (χ2n) is 6.74. The summed E-state index contributed by atoms with van der Waals surface area (Å²) in [5, 5.41) is 3.48. The van der Waals surface area contributed by atoms with E-state index in [9.17, 15) is 0 Å². The van der Waals surface area contributed by atoms with Crippen molar-refractivity contribution in [2.45, 2.75) is 65.5 Å². The molecule has 0 aromatic heterocycles. The van der Waals surface area contributed by atoms with Crippen LogP contribution < -0.4 is 10.2 Å². The Labute approximate surface area is 130 Å². The zero-order valence-electron chi connectivity index (χ0n) is 14.3. The van der Waals surface area contributed by atoms with Crippen LogP contribution in [0, 0.1) is 12.8 Å². The summed E-state index contributed by atoms with van der Waals surface area (Å²) in [7, 11) is 2.28. The molecule has 1 N–H and O–H groups in total. The van der Waals surface area contributed by atoms with Crippen LogP contribution in [0.15, 0.2) is 18.2 Å². The summed E-state index contributed by atoms with van der Waals surface area (Å²) in [4.78, 5) is 2.53. The average molecular weight is 288 g/mol. The van der Waals surface area contributed by atoms with Gasteiger partial charge in [-0.1, -0.05) is 38.8 Å². The third-order valence-electron chi connectivity index (χ3n) is 4.96. The first-order chi connectivity index (χ1) is 10.1. The van der Waals surface area contributed by atoms with Gasteiger partial charge in [-0.05, 0) is 55.8 Å². The minimum Gasteiger partial charge on any atom is -0.371 e. The Morgan fingerprint density at radius 2 is 2.00 bits per heavy atom. The molecule has 2 atom stereocenters. The molecule has 0 aliphatic heterocycles. The molecule has 0 amide bonds. The van der Waals surface area contributed by atoms with Gasteiger partial charge in [0.1, 0.15) is 0 Å². The first kappa shape index (κ1) is 16.4. The lowest BCUT2D eigenvalue weighted by Gasteiger charge is -2.38. The van der Waals surface area contributed by atoms with Gasteiger partial charge in [-0.15, -0.1) is 0 Å². The smallest absolute Gasteiger partial charge is 0.0396 e. The fraction of sp³-hybridized carbons (Fsp3) is 0.684. The molecule has 1 aromatic rings. The molecule has 2 rings (SSSR count). The lowest BCUT2D eigenvalue weighted by molar-refractivity contribution is 0.321. The molecule has 1 aliphatic carbocycles. The van der Waals surface area contributed by atoms with E-state index in [1.165, 1.54) is 48.9 Å². The SMILES string of the molecule is CCCNCc1ccc(N(C)C2CCCCC2C)c(C)c1. The number of anilines is 1. The number of nitrogens with zero attached hydrogens (tertiary/aromatic N) is 1. The quantitative estimate of drug-likeness (QED) is 0.775. The highest BCUT2D eigenvalue weighted by molar-refractivity contribution is 5.54. The van der Waals surface area contributed by atoms with Crippen LogP contribution >= 0.6 is 0 Å². The molecule has 21 heavy (non-hydrogen) atoms. The highest BCUT2D eigenvalue weighted by atomic mass is 15.1. The molecular formula is C19H32N2. The van der Waals surface area contributed by atoms with Crippen LogP contribution in [0.3, 0.4) is 0 Å². The largest absolute Gasteiger partial charge is 0.371 e. The standard InChI is InChI=1S/C19H32N2/c1-5-12-20-14-17-10-11-19(16(3)13-17)21(4)18-9-7-6-8-15(18)2/h10-11,13,15,18,20H,5-9,12,14H2,1-4H3. The van der Waals surface area contributed by atoms with Crippen molar-refractivity contribution in [3.63, 3.8) is 0 Å². The minimum absolute atomic E-state index is 0.710. The van der Waals surface area contributed by atoms with Crippen molar-refractivity contribution in [2.75, 3.05) is 18.5 Å². The van der Waals surface area contributed by atoms with Gasteiger partial charge >= 0.3 is 0 Å². The van der Waals surface area contributed by atoms with Crippen LogP contribution in [0.1, 0.15) is 57.1 Å². The first-order valence-corrected chi connectivity index (χ1v) is 8.66. The van der Waals surface area contributed by atoms with Crippen molar-refractivity contribution >= 4 is 5.69 Å². The van der Waals surface area contributed by atoms with E-state index in [4.69, 9.17) is 0 Å². The Bertz CT molecular complexity index is 441. The van der Waals surface area contributed by atoms with E-state index in [1.807, 2.05) is 0 Å². The van der Waals surface area contributed by atoms with Gasteiger partial charge in [0, 0.05) is 25.3 Å². The predicted molar refractivity (Wildman–Crippen MR) is 93.0 cm³/mol. The maximum absolute atomic E-state index is 3.48. The number of benzene rings is 1. The minimum atomic E-state index is 0.710. The number of rotatable bonds is 6. The second-order valence-corrected chi connectivity index (χ2v) is 6.74. The Balaban J connectivity index is 2.05. The summed E-state index contributed by atoms with van der Waals surface area (Å²) in [5.74, 6) is 0.814. The number of hydrogen-bond acceptors (Lipinski definition) is 2. The van der Waals surface area contributed by atoms with Crippen molar-refractivity contribution < 1.29 is 0 Å². The lowest BCUT2D eigenvalue weighted by Crippen LogP contribution is -2.39. The maximum Gasteiger partial charge on any atom is 0.0396 e. The van der Waals surface area contributed by atoms with Gasteiger partial charge in [-0.3, -0.25) is 0 Å². The van der Waals surface area contributed by atoms with Crippen molar-refractivity contribution in [2.24, 2.45) is 5.92 Å². The monoisotopic (exact) mass is 288 g/mol. The van der Waals surface area contributed by atoms with Crippen LogP contribution in [0.2, 0.25) is 0 Å². The van der Waals surface area contributed by atoms with Gasteiger partial charge in [0.15, 0.2) is 0 Å². The van der Waals surface area contributed by atoms with Gasteiger partial charge < -0.3 is 10.2 Å². The molecule has 2 heteroatoms. The van der Waals surface area contributed by atoms with Gasteiger partial charge in [0.05, 0.1) is 0 Å². The molecule has 1 saturated carbocycles. The number of aryl methyl sites for hydroxylation is 1. The Morgan fingerprint density at radius 3 is 2.67 bits per heavy atom. The van der Waals surface area contributed by atoms with Crippen molar-refractivity contribution in [1.82, 2.24) is 5.32 Å². The molecule has 2 unspecified atom stereocenters. The Morgan fingerprint density at radius 1 is 1.24 bits per heavy atom. The van der Waals surface area contributed by atoms with Crippen LogP contribution in [0.5, 0.6) is 0 Å². The van der Waals surface area contributed by atoms with Crippen molar-refractivity contribution in [3.05, 3.63) is 29.3 Å². The zero-order valence-corrected chi connectivity index (χ0v) is 14.3. The van der Waals surface area contributed by atoms with Gasteiger partial charge in [-0.25, -0.2) is 0 Å². The zero-order chi connectivity index (χ0) is 15.2. The molecule has 2 nitrogen and oxygen atoms in total. The third-order valence-corrected chi connectivity index (χ3v) is 4.96. The van der Waals surface area contributed by atoms with E-state index in [-0.39, 0.29) is 0 Å². The van der Waals surface area contributed by atoms with Crippen LogP contribution in [0.4, 0.5) is 5.69 Å². The first-order valence-electron chi connectivity index (χ1n) is 8.66. The summed E-state index contributed by atoms with van der Waals surface area (Å²) < 4.78 is 0. The van der Waals surface area contributed by atoms with Crippen LogP contribution in [-0.4, -0.2) is 19.6 Å². The topological polar surface area (TPSA) is 15.3 Å². The van der Waals surface area contributed by atoms with E-state index in [0.29, 0.717) is 6.04 Å². The summed E-state index contributed by atoms with van der Waals surface area (Å²) in [6, 6.07) is 7.66. The molecule has 0 bridgehead atoms. The van der Waals surface area contributed by atoms with Crippen LogP contribution in [0.25, 0.3) is 0 Å². The summed E-state index contributed by atoms with van der Waals surface area (Å²) in [5.41, 5.74) is 4.22. The molecule has 0 radical (unpaired) electrons. The maximum atomic E-state index is 3.48. The number of nitrogens with one attached hydrogen (secondary N) is 1. The molecular weight excluding hydrogens is 256 g/mol. The summed E-state index contributed by atoms with van der Waals surface area (Å²) >= 11 is 0. The Hall–Kier alpha value is -1.02. The molecule has 0 saturated heterocycles. The lowest BCUT2D eigenvalue weighted by atomic mass is 9.84. The summed E-state index contributed by atoms with van der Waals surface area (Å²) in [6.07, 6.45) is 6.72. The average Bonchev–Trinajstić information content (AvgIpc) is 2.47. The third kappa shape index (κ3) is 4.23. The fourth-order valence-electron chi connectivity index (χ4n) is 3.68. The van der Waals surface area contributed by atoms with E-state index in [0.717, 1.165) is 19.0 Å². The fourth-order valence-corrected chi connectivity index (χ4v) is 3.68. The molecule has 1 fully saturated rings. The normalized spacial score (nSPS) is 22.3. The molecule has 1 aromatic carbocycles. The molecule has 0 spiro atoms. The number of hydrogen-bond donors (Lipinski definition) is 1. The van der Waals surface area contributed by atoms with E-state index in [1.54, 1.807) is 0 Å². The van der Waals surface area contributed by atoms with Crippen molar-refractivity contribution in [1.29, 1.82) is 0 Å². The predicted octanol–water partition coefficient (Wildman–Crippen LogP) is 4.51. The van der Waals surface area contributed by atoms with E-state index < -0.39 is 0 Å². The van der Waals surface area contributed by atoms with Crippen molar-refractivity contribution in [3.8, 4) is 0 Å². The van der Waals surface area contributed by atoms with Gasteiger partial charge in [0.2, 0.25) is 0 Å². The Kier molecular flexibility index (Phi) is 6.10. The van der Waals surface area contributed by atoms with E-state index >= 15 is 0 Å². The van der Waals surface area contributed by atoms with E-state index in [2.05, 4.69) is 56.2 Å². The van der Waals surface area contributed by atoms with Crippen LogP contribution in [-0.2, 0) is 6.54 Å². The molecule has 0 heterocycles. The van der Waals surface area contributed by atoms with Gasteiger partial charge in [-0.2, -0.15) is 0 Å². The highest BCUT2D eigenvalue weighted by Crippen LogP contribution is 2.32. The van der Waals surface area contributed by atoms with Gasteiger partial charge in [0.25, 0.3) is 0 Å². The second kappa shape index (κ2) is 7.84. The molecule has 1 aliphatic rings. The summed E-state index contributed by atoms with van der Waals surface area (Å²) in [6.45, 7) is 8.96. The molecule has 118 valence electrons.